The third kappa shape index (κ3) is 5.68. The fraction of sp³-hybridized carbons (Fsp3) is 0.455. The maximum Gasteiger partial charge on any atom is 0.244 e. The van der Waals surface area contributed by atoms with E-state index in [1.54, 1.807) is 19.2 Å². The number of hydrogen-bond acceptors (Lipinski definition) is 7. The molecule has 0 unspecified atom stereocenters. The molecule has 2 aromatic rings. The molecule has 0 radical (unpaired) electrons. The van der Waals surface area contributed by atoms with Gasteiger partial charge >= 0.3 is 0 Å². The largest absolute Gasteiger partial charge is 0.497 e. The molecule has 8 nitrogen and oxygen atoms in total. The lowest BCUT2D eigenvalue weighted by Gasteiger charge is -2.38. The molecule has 2 aromatic carbocycles. The van der Waals surface area contributed by atoms with E-state index in [0.29, 0.717) is 5.75 Å². The zero-order chi connectivity index (χ0) is 22.4. The summed E-state index contributed by atoms with van der Waals surface area (Å²) in [6.07, 6.45) is 0. The topological polar surface area (TPSA) is 80.3 Å². The van der Waals surface area contributed by atoms with E-state index < -0.39 is 10.0 Å². The maximum absolute atomic E-state index is 13.2. The van der Waals surface area contributed by atoms with Gasteiger partial charge in [0.05, 0.1) is 21.3 Å². The number of ether oxygens (including phenoxy) is 3. The first-order chi connectivity index (χ1) is 14.9. The average Bonchev–Trinajstić information content (AvgIpc) is 2.80. The van der Waals surface area contributed by atoms with Gasteiger partial charge in [-0.2, -0.15) is 0 Å². The van der Waals surface area contributed by atoms with E-state index >= 15 is 0 Å². The molecule has 0 saturated carbocycles. The Hall–Kier alpha value is -2.33. The van der Waals surface area contributed by atoms with Gasteiger partial charge in [-0.1, -0.05) is 12.1 Å². The highest BCUT2D eigenvalue weighted by Gasteiger charge is 2.27. The summed E-state index contributed by atoms with van der Waals surface area (Å²) in [5, 5.41) is 0. The van der Waals surface area contributed by atoms with E-state index in [1.807, 2.05) is 24.3 Å². The maximum atomic E-state index is 13.2. The van der Waals surface area contributed by atoms with Crippen LogP contribution in [0.2, 0.25) is 0 Å². The lowest BCUT2D eigenvalue weighted by molar-refractivity contribution is 0.113. The quantitative estimate of drug-likeness (QED) is 0.627. The molecule has 1 aliphatic rings. The average molecular weight is 450 g/mol. The Kier molecular flexibility index (Phi) is 7.77. The van der Waals surface area contributed by atoms with E-state index in [-0.39, 0.29) is 23.2 Å². The molecule has 1 saturated heterocycles. The van der Waals surface area contributed by atoms with E-state index in [1.165, 1.54) is 20.3 Å². The summed E-state index contributed by atoms with van der Waals surface area (Å²) in [6, 6.07) is 12.4. The van der Waals surface area contributed by atoms with Crippen LogP contribution in [-0.4, -0.2) is 79.3 Å². The fourth-order valence-electron chi connectivity index (χ4n) is 3.68. The van der Waals surface area contributed by atoms with Crippen LogP contribution in [0.3, 0.4) is 0 Å². The van der Waals surface area contributed by atoms with Gasteiger partial charge in [0.15, 0.2) is 0 Å². The molecule has 0 spiro atoms. The fourth-order valence-corrected chi connectivity index (χ4v) is 4.90. The Labute approximate surface area is 184 Å². The Morgan fingerprint density at radius 1 is 0.903 bits per heavy atom. The molecule has 3 rings (SSSR count). The van der Waals surface area contributed by atoms with Crippen molar-refractivity contribution in [2.45, 2.75) is 10.9 Å². The lowest BCUT2D eigenvalue weighted by Crippen LogP contribution is -2.48. The Bertz CT molecular complexity index is 958. The van der Waals surface area contributed by atoms with Crippen LogP contribution in [0.15, 0.2) is 47.4 Å². The van der Waals surface area contributed by atoms with Gasteiger partial charge in [0.1, 0.15) is 22.1 Å². The van der Waals surface area contributed by atoms with Gasteiger partial charge < -0.3 is 19.1 Å². The molecule has 1 aliphatic heterocycles. The van der Waals surface area contributed by atoms with E-state index in [0.717, 1.165) is 37.5 Å². The van der Waals surface area contributed by atoms with Crippen LogP contribution in [0.25, 0.3) is 0 Å². The number of hydrogen-bond donors (Lipinski definition) is 1. The summed E-state index contributed by atoms with van der Waals surface area (Å²) in [4.78, 5) is 4.64. The van der Waals surface area contributed by atoms with Crippen LogP contribution in [0.4, 0.5) is 0 Å². The monoisotopic (exact) mass is 449 g/mol. The molecule has 9 heteroatoms. The first-order valence-electron chi connectivity index (χ1n) is 10.2. The molecule has 1 N–H and O–H groups in total. The van der Waals surface area contributed by atoms with Crippen molar-refractivity contribution in [3.8, 4) is 17.2 Å². The van der Waals surface area contributed by atoms with Crippen molar-refractivity contribution < 1.29 is 22.6 Å². The first-order valence-corrected chi connectivity index (χ1v) is 11.6. The molecular weight excluding hydrogens is 418 g/mol. The van der Waals surface area contributed by atoms with Gasteiger partial charge in [-0.25, -0.2) is 13.1 Å². The predicted octanol–water partition coefficient (Wildman–Crippen LogP) is 1.98. The van der Waals surface area contributed by atoms with Crippen LogP contribution in [-0.2, 0) is 10.0 Å². The molecule has 1 atom stereocenters. The molecule has 1 fully saturated rings. The summed E-state index contributed by atoms with van der Waals surface area (Å²) in [5.74, 6) is 1.49. The van der Waals surface area contributed by atoms with Crippen molar-refractivity contribution in [3.63, 3.8) is 0 Å². The number of rotatable bonds is 9. The molecule has 31 heavy (non-hydrogen) atoms. The van der Waals surface area contributed by atoms with Crippen LogP contribution in [0, 0.1) is 0 Å². The second-order valence-electron chi connectivity index (χ2n) is 7.50. The number of piperazine rings is 1. The Balaban J connectivity index is 1.85. The third-order valence-corrected chi connectivity index (χ3v) is 7.05. The highest BCUT2D eigenvalue weighted by molar-refractivity contribution is 7.89. The van der Waals surface area contributed by atoms with Gasteiger partial charge in [-0.15, -0.1) is 0 Å². The highest BCUT2D eigenvalue weighted by atomic mass is 32.2. The molecule has 170 valence electrons. The second-order valence-corrected chi connectivity index (χ2v) is 9.23. The Morgan fingerprint density at radius 2 is 1.52 bits per heavy atom. The van der Waals surface area contributed by atoms with Crippen molar-refractivity contribution >= 4 is 10.0 Å². The van der Waals surface area contributed by atoms with Gasteiger partial charge in [0.25, 0.3) is 0 Å². The number of nitrogens with zero attached hydrogens (tertiary/aromatic N) is 2. The molecular formula is C22H31N3O5S. The zero-order valence-electron chi connectivity index (χ0n) is 18.5. The van der Waals surface area contributed by atoms with Gasteiger partial charge in [0.2, 0.25) is 10.0 Å². The molecule has 0 aromatic heterocycles. The first kappa shape index (κ1) is 23.3. The van der Waals surface area contributed by atoms with Crippen molar-refractivity contribution in [2.24, 2.45) is 0 Å². The van der Waals surface area contributed by atoms with Crippen molar-refractivity contribution in [2.75, 3.05) is 61.1 Å². The number of likely N-dealkylation sites (N-methyl/N-ethyl adjacent to an activating group) is 1. The van der Waals surface area contributed by atoms with E-state index in [4.69, 9.17) is 14.2 Å². The zero-order valence-corrected chi connectivity index (χ0v) is 19.3. The van der Waals surface area contributed by atoms with Crippen molar-refractivity contribution in [3.05, 3.63) is 48.0 Å². The summed E-state index contributed by atoms with van der Waals surface area (Å²) in [5.41, 5.74) is 1.03. The summed E-state index contributed by atoms with van der Waals surface area (Å²) in [7, 11) is 2.85. The predicted molar refractivity (Wildman–Crippen MR) is 120 cm³/mol. The SMILES string of the molecule is COc1ccc([C@H](CNS(=O)(=O)c2cc(OC)ccc2OC)N2CCN(C)CC2)cc1. The Morgan fingerprint density at radius 3 is 2.10 bits per heavy atom. The minimum absolute atomic E-state index is 0.0567. The molecule has 0 bridgehead atoms. The minimum atomic E-state index is -3.82. The molecule has 0 aliphatic carbocycles. The standard InChI is InChI=1S/C22H31N3O5S/c1-24-11-13-25(14-12-24)20(17-5-7-18(28-2)8-6-17)16-23-31(26,27)22-15-19(29-3)9-10-21(22)30-4/h5-10,15,20,23H,11-14,16H2,1-4H3/t20-/m0/s1. The minimum Gasteiger partial charge on any atom is -0.497 e. The number of sulfonamides is 1. The third-order valence-electron chi connectivity index (χ3n) is 5.61. The van der Waals surface area contributed by atoms with Crippen LogP contribution in [0.1, 0.15) is 11.6 Å². The van der Waals surface area contributed by atoms with E-state index in [9.17, 15) is 8.42 Å². The van der Waals surface area contributed by atoms with Gasteiger partial charge in [-0.05, 0) is 36.9 Å². The lowest BCUT2D eigenvalue weighted by atomic mass is 10.0. The van der Waals surface area contributed by atoms with Gasteiger partial charge in [-0.3, -0.25) is 4.90 Å². The molecule has 1 heterocycles. The highest BCUT2D eigenvalue weighted by Crippen LogP contribution is 2.29. The van der Waals surface area contributed by atoms with Crippen molar-refractivity contribution in [1.29, 1.82) is 0 Å². The summed E-state index contributed by atoms with van der Waals surface area (Å²) >= 11 is 0. The van der Waals surface area contributed by atoms with Crippen molar-refractivity contribution in [1.82, 2.24) is 14.5 Å². The summed E-state index contributed by atoms with van der Waals surface area (Å²) in [6.45, 7) is 3.82. The van der Waals surface area contributed by atoms with Crippen LogP contribution >= 0.6 is 0 Å². The van der Waals surface area contributed by atoms with E-state index in [2.05, 4.69) is 21.6 Å². The van der Waals surface area contributed by atoms with Crippen LogP contribution in [0.5, 0.6) is 17.2 Å². The van der Waals surface area contributed by atoms with Gasteiger partial charge in [0, 0.05) is 44.8 Å². The number of nitrogens with one attached hydrogen (secondary N) is 1. The number of methoxy groups -OCH3 is 3. The molecule has 0 amide bonds. The second kappa shape index (κ2) is 10.3. The smallest absolute Gasteiger partial charge is 0.244 e. The summed E-state index contributed by atoms with van der Waals surface area (Å²) < 4.78 is 44.8. The van der Waals surface area contributed by atoms with Crippen LogP contribution < -0.4 is 18.9 Å². The number of benzene rings is 2. The normalized spacial score (nSPS) is 16.6.